The van der Waals surface area contributed by atoms with Crippen LogP contribution in [0.1, 0.15) is 5.69 Å². The van der Waals surface area contributed by atoms with Crippen LogP contribution in [-0.2, 0) is 11.8 Å². The number of rotatable bonds is 7. The number of nitrogens with one attached hydrogen (secondary N) is 1. The minimum Gasteiger partial charge on any atom is -0.486 e. The number of ether oxygens (including phenoxy) is 2. The number of aliphatic hydroxyl groups is 1. The van der Waals surface area contributed by atoms with Gasteiger partial charge < -0.3 is 25.0 Å². The van der Waals surface area contributed by atoms with Gasteiger partial charge in [-0.1, -0.05) is 18.2 Å². The normalized spacial score (nSPS) is 13.8. The number of benzene rings is 2. The number of halogens is 1. The molecule has 36 heavy (non-hydrogen) atoms. The van der Waals surface area contributed by atoms with Crippen LogP contribution in [0.2, 0.25) is 0 Å². The van der Waals surface area contributed by atoms with Crippen molar-refractivity contribution in [3.05, 3.63) is 58.7 Å². The maximum atomic E-state index is 11.1. The number of anilines is 2. The third-order valence-electron chi connectivity index (χ3n) is 5.67. The van der Waals surface area contributed by atoms with Crippen LogP contribution in [0.5, 0.6) is 11.5 Å². The van der Waals surface area contributed by atoms with Crippen molar-refractivity contribution in [3.63, 3.8) is 0 Å². The lowest BCUT2D eigenvalue weighted by atomic mass is 10.0. The molecule has 1 aliphatic heterocycles. The summed E-state index contributed by atoms with van der Waals surface area (Å²) in [6.45, 7) is 0.459. The molecule has 3 heterocycles. The maximum absolute atomic E-state index is 11.1. The molecule has 2 aromatic heterocycles. The van der Waals surface area contributed by atoms with E-state index in [-0.39, 0.29) is 0 Å². The number of aliphatic hydroxyl groups excluding tert-OH is 1. The number of nitrogens with zero attached hydrogens (tertiary/aromatic N) is 4. The van der Waals surface area contributed by atoms with Crippen molar-refractivity contribution in [1.29, 1.82) is 0 Å². The van der Waals surface area contributed by atoms with Gasteiger partial charge in [0.05, 0.1) is 23.5 Å². The highest BCUT2D eigenvalue weighted by Gasteiger charge is 2.17. The number of aliphatic carboxylic acids is 1. The molecule has 0 radical (unpaired) electrons. The molecule has 184 valence electrons. The summed E-state index contributed by atoms with van der Waals surface area (Å²) in [4.78, 5) is 19.6. The Morgan fingerprint density at radius 2 is 2.03 bits per heavy atom. The summed E-state index contributed by atoms with van der Waals surface area (Å²) in [6.07, 6.45) is 1.34. The molecule has 5 rings (SSSR count). The van der Waals surface area contributed by atoms with Crippen molar-refractivity contribution in [3.8, 4) is 22.6 Å². The Kier molecular flexibility index (Phi) is 6.57. The van der Waals surface area contributed by atoms with Gasteiger partial charge in [-0.2, -0.15) is 5.10 Å². The Morgan fingerprint density at radius 1 is 1.22 bits per heavy atom. The molecule has 0 saturated heterocycles. The van der Waals surface area contributed by atoms with Gasteiger partial charge in [0.2, 0.25) is 0 Å². The van der Waals surface area contributed by atoms with Gasteiger partial charge in [-0.15, -0.1) is 0 Å². The first-order valence-corrected chi connectivity index (χ1v) is 11.9. The molecular formula is C25H22BrN5O5. The molecule has 2 aromatic carbocycles. The van der Waals surface area contributed by atoms with E-state index in [1.54, 1.807) is 10.7 Å². The minimum atomic E-state index is -1.24. The van der Waals surface area contributed by atoms with Crippen molar-refractivity contribution >= 4 is 50.7 Å². The maximum Gasteiger partial charge on any atom is 0.330 e. The Hall–Kier alpha value is -3.96. The average molecular weight is 552 g/mol. The number of aryl methyl sites for hydroxylation is 1. The summed E-state index contributed by atoms with van der Waals surface area (Å²) in [5.74, 6) is 0.764. The zero-order valence-corrected chi connectivity index (χ0v) is 20.8. The number of carbonyl (C=O) groups is 1. The number of pyridine rings is 1. The monoisotopic (exact) mass is 551 g/mol. The molecule has 0 saturated carbocycles. The molecule has 4 aromatic rings. The fourth-order valence-electron chi connectivity index (χ4n) is 3.85. The van der Waals surface area contributed by atoms with Crippen LogP contribution in [0, 0.1) is 0 Å². The first-order valence-electron chi connectivity index (χ1n) is 11.1. The van der Waals surface area contributed by atoms with E-state index in [4.69, 9.17) is 14.6 Å². The predicted octanol–water partition coefficient (Wildman–Crippen LogP) is 3.78. The van der Waals surface area contributed by atoms with Crippen molar-refractivity contribution in [2.45, 2.75) is 6.04 Å². The van der Waals surface area contributed by atoms with Crippen LogP contribution < -0.4 is 14.8 Å². The fraction of sp³-hybridized carbons (Fsp3) is 0.200. The molecule has 0 aliphatic carbocycles. The Labute approximate surface area is 214 Å². The van der Waals surface area contributed by atoms with Gasteiger partial charge in [-0.25, -0.2) is 9.78 Å². The molecule has 0 spiro atoms. The molecule has 0 amide bonds. The summed E-state index contributed by atoms with van der Waals surface area (Å²) in [5.41, 5.74) is 4.53. The number of hydrogen-bond acceptors (Lipinski definition) is 8. The summed E-state index contributed by atoms with van der Waals surface area (Å²) in [6, 6.07) is 14.0. The second kappa shape index (κ2) is 9.96. The van der Waals surface area contributed by atoms with Crippen LogP contribution in [0.15, 0.2) is 58.0 Å². The minimum absolute atomic E-state index is 0.447. The second-order valence-corrected chi connectivity index (χ2v) is 8.83. The van der Waals surface area contributed by atoms with Crippen molar-refractivity contribution in [2.24, 2.45) is 12.0 Å². The van der Waals surface area contributed by atoms with Crippen LogP contribution in [-0.4, -0.2) is 63.0 Å². The smallest absolute Gasteiger partial charge is 0.330 e. The molecular weight excluding hydrogens is 530 g/mol. The topological polar surface area (TPSA) is 131 Å². The van der Waals surface area contributed by atoms with Crippen LogP contribution in [0.3, 0.4) is 0 Å². The van der Waals surface area contributed by atoms with E-state index >= 15 is 0 Å². The van der Waals surface area contributed by atoms with E-state index < -0.39 is 18.6 Å². The molecule has 1 atom stereocenters. The van der Waals surface area contributed by atoms with Crippen molar-refractivity contribution in [1.82, 2.24) is 14.8 Å². The zero-order chi connectivity index (χ0) is 25.2. The molecule has 10 nitrogen and oxygen atoms in total. The quantitative estimate of drug-likeness (QED) is 0.296. The van der Waals surface area contributed by atoms with E-state index in [0.29, 0.717) is 36.0 Å². The largest absolute Gasteiger partial charge is 0.486 e. The number of hydrogen-bond donors (Lipinski definition) is 3. The summed E-state index contributed by atoms with van der Waals surface area (Å²) >= 11 is 3.73. The van der Waals surface area contributed by atoms with Crippen molar-refractivity contribution < 1.29 is 24.5 Å². The highest BCUT2D eigenvalue weighted by molar-refractivity contribution is 9.10. The van der Waals surface area contributed by atoms with Gasteiger partial charge in [0, 0.05) is 17.7 Å². The third kappa shape index (κ3) is 4.62. The van der Waals surface area contributed by atoms with E-state index in [2.05, 4.69) is 36.3 Å². The molecule has 1 aliphatic rings. The van der Waals surface area contributed by atoms with Gasteiger partial charge >= 0.3 is 5.97 Å². The summed E-state index contributed by atoms with van der Waals surface area (Å²) in [7, 11) is 1.82. The number of aromatic nitrogens is 3. The molecule has 0 unspecified atom stereocenters. The number of fused-ring (bicyclic) bond motifs is 2. The SMILES string of the molecule is Cn1nc(Nc2cccc(-c3ccc4c(c3)OCCO4)c2Br)c2nc(C=N[C@H](CO)C(=O)O)ccc21. The van der Waals surface area contributed by atoms with E-state index in [1.165, 1.54) is 6.21 Å². The molecule has 0 fully saturated rings. The Balaban J connectivity index is 1.47. The summed E-state index contributed by atoms with van der Waals surface area (Å²) < 4.78 is 13.9. The lowest BCUT2D eigenvalue weighted by Crippen LogP contribution is -2.22. The molecule has 3 N–H and O–H groups in total. The van der Waals surface area contributed by atoms with Crippen LogP contribution >= 0.6 is 15.9 Å². The van der Waals surface area contributed by atoms with E-state index in [1.807, 2.05) is 49.5 Å². The van der Waals surface area contributed by atoms with Gasteiger partial charge in [-0.3, -0.25) is 9.67 Å². The number of carboxylic acids is 1. The van der Waals surface area contributed by atoms with E-state index in [0.717, 1.165) is 32.6 Å². The lowest BCUT2D eigenvalue weighted by Gasteiger charge is -2.19. The first kappa shape index (κ1) is 23.8. The van der Waals surface area contributed by atoms with Crippen molar-refractivity contribution in [2.75, 3.05) is 25.1 Å². The van der Waals surface area contributed by atoms with Gasteiger partial charge in [0.1, 0.15) is 18.7 Å². The van der Waals surface area contributed by atoms with Crippen LogP contribution in [0.4, 0.5) is 11.5 Å². The van der Waals surface area contributed by atoms with Gasteiger partial charge in [-0.05, 0) is 57.4 Å². The predicted molar refractivity (Wildman–Crippen MR) is 138 cm³/mol. The second-order valence-electron chi connectivity index (χ2n) is 8.04. The highest BCUT2D eigenvalue weighted by Crippen LogP contribution is 2.40. The zero-order valence-electron chi connectivity index (χ0n) is 19.2. The number of carboxylic acid groups (broad SMARTS) is 1. The number of aliphatic imine (C=N–C) groups is 1. The standard InChI is InChI=1S/C25H22BrN5O5/c1-31-19-7-6-15(12-27-18(13-32)25(33)34)28-23(19)24(30-31)29-17-4-2-3-16(22(17)26)14-5-8-20-21(11-14)36-10-9-35-20/h2-8,11-12,18,32H,9-10,13H2,1H3,(H,29,30)(H,33,34)/t18-/m1/s1. The lowest BCUT2D eigenvalue weighted by molar-refractivity contribution is -0.139. The summed E-state index contributed by atoms with van der Waals surface area (Å²) in [5, 5.41) is 26.2. The van der Waals surface area contributed by atoms with Crippen LogP contribution in [0.25, 0.3) is 22.2 Å². The van der Waals surface area contributed by atoms with E-state index in [9.17, 15) is 9.90 Å². The molecule has 11 heteroatoms. The molecule has 0 bridgehead atoms. The Bertz CT molecular complexity index is 1490. The van der Waals surface area contributed by atoms with Gasteiger partial charge in [0.25, 0.3) is 0 Å². The first-order chi connectivity index (χ1) is 17.4. The average Bonchev–Trinajstić information content (AvgIpc) is 3.19. The highest BCUT2D eigenvalue weighted by atomic mass is 79.9. The van der Waals surface area contributed by atoms with Gasteiger partial charge in [0.15, 0.2) is 23.4 Å². The Morgan fingerprint density at radius 3 is 2.81 bits per heavy atom. The third-order valence-corrected chi connectivity index (χ3v) is 6.52. The fourth-order valence-corrected chi connectivity index (χ4v) is 4.45.